The molecule has 31 heavy (non-hydrogen) atoms. The Hall–Kier alpha value is -3.02. The molecule has 2 aromatic heterocycles. The largest absolute Gasteiger partial charge is 0.416 e. The van der Waals surface area contributed by atoms with Crippen LogP contribution in [-0.2, 0) is 11.0 Å². The highest BCUT2D eigenvalue weighted by Crippen LogP contribution is 2.30. The summed E-state index contributed by atoms with van der Waals surface area (Å²) in [5.74, 6) is -1.18. The minimum Gasteiger partial charge on any atom is -0.309 e. The van der Waals surface area contributed by atoms with Crippen LogP contribution in [0.1, 0.15) is 18.9 Å². The van der Waals surface area contributed by atoms with E-state index in [-0.39, 0.29) is 29.8 Å². The fraction of sp³-hybridized carbons (Fsp3) is 0.389. The summed E-state index contributed by atoms with van der Waals surface area (Å²) in [5, 5.41) is 2.45. The predicted octanol–water partition coefficient (Wildman–Crippen LogP) is 3.54. The van der Waals surface area contributed by atoms with Crippen LogP contribution in [0.5, 0.6) is 0 Å². The third-order valence-corrected chi connectivity index (χ3v) is 4.77. The number of urea groups is 1. The van der Waals surface area contributed by atoms with Gasteiger partial charge in [-0.2, -0.15) is 13.2 Å². The summed E-state index contributed by atoms with van der Waals surface area (Å²) in [5.41, 5.74) is -0.992. The monoisotopic (exact) mass is 460 g/mol. The molecule has 0 spiro atoms. The molecule has 166 valence electrons. The number of carbonyl (C=O) groups excluding carboxylic acids is 2. The lowest BCUT2D eigenvalue weighted by molar-refractivity contribution is -0.137. The molecule has 2 aromatic rings. The van der Waals surface area contributed by atoms with Gasteiger partial charge in [0, 0.05) is 6.20 Å². The smallest absolute Gasteiger partial charge is 0.309 e. The van der Waals surface area contributed by atoms with E-state index in [2.05, 4.69) is 20.3 Å². The van der Waals surface area contributed by atoms with Crippen LogP contribution in [0.15, 0.2) is 30.7 Å². The summed E-state index contributed by atoms with van der Waals surface area (Å²) in [6, 6.07) is -0.263. The standard InChI is InChI=1S/C18H17ClF4N6O2/c1-2-12(20)13-8-29(16-25-6-11(19)7-26-16)17(31)28(13)9-15(30)27-14-5-10(3-4-24-14)18(21,22)23/h3-7,12-13H,2,8-9H2,1H3,(H,24,27,30)/t12-,13+/m0/s1. The van der Waals surface area contributed by atoms with Gasteiger partial charge in [0.15, 0.2) is 0 Å². The Balaban J connectivity index is 1.76. The maximum Gasteiger partial charge on any atom is 0.416 e. The van der Waals surface area contributed by atoms with E-state index in [0.717, 1.165) is 22.1 Å². The number of amides is 3. The molecule has 8 nitrogen and oxygen atoms in total. The number of nitrogens with one attached hydrogen (secondary N) is 1. The molecule has 0 aromatic carbocycles. The van der Waals surface area contributed by atoms with Crippen molar-refractivity contribution >= 4 is 35.3 Å². The van der Waals surface area contributed by atoms with Crippen molar-refractivity contribution < 1.29 is 27.2 Å². The van der Waals surface area contributed by atoms with E-state index in [9.17, 15) is 27.2 Å². The predicted molar refractivity (Wildman–Crippen MR) is 103 cm³/mol. The summed E-state index contributed by atoms with van der Waals surface area (Å²) in [6.45, 7) is 0.887. The second kappa shape index (κ2) is 9.00. The Morgan fingerprint density at radius 1 is 1.32 bits per heavy atom. The molecule has 1 N–H and O–H groups in total. The molecule has 13 heteroatoms. The first-order valence-electron chi connectivity index (χ1n) is 9.13. The third kappa shape index (κ3) is 5.19. The van der Waals surface area contributed by atoms with E-state index in [0.29, 0.717) is 6.07 Å². The van der Waals surface area contributed by atoms with Gasteiger partial charge in [0.1, 0.15) is 18.5 Å². The molecule has 0 bridgehead atoms. The fourth-order valence-corrected chi connectivity index (χ4v) is 3.15. The number of anilines is 2. The number of hydrogen-bond acceptors (Lipinski definition) is 5. The first-order chi connectivity index (χ1) is 14.6. The second-order valence-electron chi connectivity index (χ2n) is 6.69. The average Bonchev–Trinajstić information content (AvgIpc) is 3.04. The lowest BCUT2D eigenvalue weighted by atomic mass is 10.1. The summed E-state index contributed by atoms with van der Waals surface area (Å²) in [6.07, 6.45) is -2.53. The van der Waals surface area contributed by atoms with E-state index in [1.165, 1.54) is 12.4 Å². The second-order valence-corrected chi connectivity index (χ2v) is 7.13. The number of halogens is 5. The normalized spacial score (nSPS) is 17.7. The van der Waals surface area contributed by atoms with Crippen LogP contribution in [0.2, 0.25) is 5.02 Å². The summed E-state index contributed by atoms with van der Waals surface area (Å²) in [7, 11) is 0. The van der Waals surface area contributed by atoms with E-state index in [1.807, 2.05) is 0 Å². The van der Waals surface area contributed by atoms with Crippen molar-refractivity contribution in [2.24, 2.45) is 0 Å². The molecular weight excluding hydrogens is 444 g/mol. The minimum absolute atomic E-state index is 0.00911. The lowest BCUT2D eigenvalue weighted by Crippen LogP contribution is -2.44. The molecule has 2 atom stereocenters. The molecule has 0 saturated carbocycles. The number of aromatic nitrogens is 3. The fourth-order valence-electron chi connectivity index (χ4n) is 3.05. The first kappa shape index (κ1) is 22.7. The Labute approximate surface area is 179 Å². The van der Waals surface area contributed by atoms with Gasteiger partial charge in [0.2, 0.25) is 11.9 Å². The van der Waals surface area contributed by atoms with Gasteiger partial charge in [-0.15, -0.1) is 0 Å². The van der Waals surface area contributed by atoms with Crippen LogP contribution in [0.4, 0.5) is 34.1 Å². The first-order valence-corrected chi connectivity index (χ1v) is 9.50. The summed E-state index contributed by atoms with van der Waals surface area (Å²) in [4.78, 5) is 38.9. The zero-order chi connectivity index (χ0) is 22.8. The van der Waals surface area contributed by atoms with Gasteiger partial charge < -0.3 is 10.2 Å². The van der Waals surface area contributed by atoms with Crippen LogP contribution in [0.25, 0.3) is 0 Å². The van der Waals surface area contributed by atoms with Crippen molar-refractivity contribution in [3.8, 4) is 0 Å². The molecule has 3 amide bonds. The van der Waals surface area contributed by atoms with Crippen molar-refractivity contribution in [3.63, 3.8) is 0 Å². The van der Waals surface area contributed by atoms with Gasteiger partial charge in [0.05, 0.1) is 35.6 Å². The zero-order valence-electron chi connectivity index (χ0n) is 16.1. The minimum atomic E-state index is -4.61. The molecule has 3 rings (SSSR count). The van der Waals surface area contributed by atoms with Crippen LogP contribution in [0, 0.1) is 0 Å². The number of hydrogen-bond donors (Lipinski definition) is 1. The van der Waals surface area contributed by atoms with E-state index < -0.39 is 42.4 Å². The number of nitrogens with zero attached hydrogens (tertiary/aromatic N) is 5. The average molecular weight is 461 g/mol. The Bertz CT molecular complexity index is 959. The highest BCUT2D eigenvalue weighted by atomic mass is 35.5. The maximum absolute atomic E-state index is 14.5. The van der Waals surface area contributed by atoms with Crippen molar-refractivity contribution in [3.05, 3.63) is 41.3 Å². The van der Waals surface area contributed by atoms with E-state index >= 15 is 0 Å². The molecule has 0 radical (unpaired) electrons. The SMILES string of the molecule is CC[C@H](F)[C@H]1CN(c2ncc(Cl)cn2)C(=O)N1CC(=O)Nc1cc(C(F)(F)F)ccn1. The number of carbonyl (C=O) groups is 2. The Morgan fingerprint density at radius 3 is 2.61 bits per heavy atom. The van der Waals surface area contributed by atoms with Gasteiger partial charge >= 0.3 is 12.2 Å². The van der Waals surface area contributed by atoms with E-state index in [4.69, 9.17) is 11.6 Å². The van der Waals surface area contributed by atoms with E-state index in [1.54, 1.807) is 6.92 Å². The molecule has 1 fully saturated rings. The van der Waals surface area contributed by atoms with Crippen LogP contribution < -0.4 is 10.2 Å². The van der Waals surface area contributed by atoms with Crippen LogP contribution in [-0.4, -0.2) is 57.1 Å². The molecule has 1 aliphatic rings. The molecule has 1 saturated heterocycles. The Morgan fingerprint density at radius 2 is 2.00 bits per heavy atom. The molecule has 0 unspecified atom stereocenters. The van der Waals surface area contributed by atoms with Crippen LogP contribution in [0.3, 0.4) is 0 Å². The molecular formula is C18H17ClF4N6O2. The molecule has 3 heterocycles. The quantitative estimate of drug-likeness (QED) is 0.666. The summed E-state index contributed by atoms with van der Waals surface area (Å²) >= 11 is 5.74. The van der Waals surface area contributed by atoms with Crippen molar-refractivity contribution in [1.29, 1.82) is 0 Å². The van der Waals surface area contributed by atoms with Gasteiger partial charge in [-0.1, -0.05) is 18.5 Å². The van der Waals surface area contributed by atoms with Crippen LogP contribution >= 0.6 is 11.6 Å². The van der Waals surface area contributed by atoms with Crippen molar-refractivity contribution in [2.75, 3.05) is 23.3 Å². The highest BCUT2D eigenvalue weighted by Gasteiger charge is 2.43. The van der Waals surface area contributed by atoms with Gasteiger partial charge in [0.25, 0.3) is 0 Å². The topological polar surface area (TPSA) is 91.3 Å². The van der Waals surface area contributed by atoms with Gasteiger partial charge in [-0.25, -0.2) is 24.1 Å². The lowest BCUT2D eigenvalue weighted by Gasteiger charge is -2.24. The number of rotatable bonds is 6. The summed E-state index contributed by atoms with van der Waals surface area (Å²) < 4.78 is 53.0. The molecule has 0 aliphatic carbocycles. The zero-order valence-corrected chi connectivity index (χ0v) is 16.9. The van der Waals surface area contributed by atoms with Gasteiger partial charge in [-0.3, -0.25) is 9.69 Å². The maximum atomic E-state index is 14.5. The third-order valence-electron chi connectivity index (χ3n) is 4.57. The number of pyridine rings is 1. The Kier molecular flexibility index (Phi) is 6.58. The number of alkyl halides is 4. The van der Waals surface area contributed by atoms with Crippen molar-refractivity contribution in [2.45, 2.75) is 31.7 Å². The van der Waals surface area contributed by atoms with Gasteiger partial charge in [-0.05, 0) is 18.6 Å². The molecule has 1 aliphatic heterocycles. The highest BCUT2D eigenvalue weighted by molar-refractivity contribution is 6.30. The van der Waals surface area contributed by atoms with Crippen molar-refractivity contribution in [1.82, 2.24) is 19.9 Å².